The fraction of sp³-hybridized carbons (Fsp3) is 0. The predicted octanol–water partition coefficient (Wildman–Crippen LogP) is 10.8. The first-order valence-corrected chi connectivity index (χ1v) is 15.9. The van der Waals surface area contributed by atoms with Gasteiger partial charge < -0.3 is 13.3 Å². The van der Waals surface area contributed by atoms with Crippen LogP contribution in [0.15, 0.2) is 159 Å². The summed E-state index contributed by atoms with van der Waals surface area (Å²) >= 11 is 0. The smallest absolute Gasteiger partial charge is 0.213 e. The Labute approximate surface area is 272 Å². The topological polar surface area (TPSA) is 67.1 Å². The molecule has 0 spiro atoms. The minimum atomic E-state index is 0.750. The second-order valence-electron chi connectivity index (χ2n) is 12.1. The van der Waals surface area contributed by atoms with Crippen LogP contribution in [0.25, 0.3) is 94.5 Å². The van der Waals surface area contributed by atoms with Crippen molar-refractivity contribution < 1.29 is 13.3 Å². The molecule has 4 aromatic carbocycles. The summed E-state index contributed by atoms with van der Waals surface area (Å²) in [5.74, 6) is 0.778. The first-order valence-electron chi connectivity index (χ1n) is 15.9. The summed E-state index contributed by atoms with van der Waals surface area (Å²) in [5, 5.41) is 6.62. The third-order valence-corrected chi connectivity index (χ3v) is 9.55. The van der Waals surface area contributed by atoms with E-state index < -0.39 is 0 Å². The lowest BCUT2D eigenvalue weighted by Crippen LogP contribution is -1.99. The molecule has 48 heavy (non-hydrogen) atoms. The minimum Gasteiger partial charge on any atom is -0.447 e. The van der Waals surface area contributed by atoms with Gasteiger partial charge in [-0.05, 0) is 72.8 Å². The Bertz CT molecular complexity index is 3030. The molecule has 0 saturated heterocycles. The molecule has 226 valence electrons. The number of para-hydroxylation sites is 2. The van der Waals surface area contributed by atoms with Crippen molar-refractivity contribution in [1.82, 2.24) is 18.7 Å². The van der Waals surface area contributed by atoms with Crippen LogP contribution < -0.4 is 0 Å². The van der Waals surface area contributed by atoms with Gasteiger partial charge in [-0.1, -0.05) is 54.6 Å². The van der Waals surface area contributed by atoms with E-state index in [0.717, 1.165) is 94.5 Å². The molecule has 0 amide bonds. The van der Waals surface area contributed by atoms with E-state index in [9.17, 15) is 0 Å². The fourth-order valence-electron chi connectivity index (χ4n) is 7.49. The number of aromatic nitrogens is 4. The van der Waals surface area contributed by atoms with E-state index in [0.29, 0.717) is 0 Å². The number of benzene rings is 4. The standard InChI is InChI=1S/C41H24N4O3/c1-3-12-35-28(9-1)30-17-20-46-39(30)43(35)26-8-5-7-25(23-26)34-11-6-14-38(42-34)45-37-16-15-27(24-33(37)32-19-22-48-41(32)45)44-36-13-4-2-10-29(36)31-18-21-47-40(31)44/h1-24H. The highest BCUT2D eigenvalue weighted by molar-refractivity contribution is 6.10. The van der Waals surface area contributed by atoms with Crippen molar-refractivity contribution >= 4 is 66.0 Å². The molecule has 0 atom stereocenters. The number of hydrogen-bond acceptors (Lipinski definition) is 4. The van der Waals surface area contributed by atoms with E-state index in [1.54, 1.807) is 18.8 Å². The van der Waals surface area contributed by atoms with E-state index in [1.807, 2.05) is 30.3 Å². The Morgan fingerprint density at radius 3 is 1.65 bits per heavy atom. The van der Waals surface area contributed by atoms with Gasteiger partial charge in [0, 0.05) is 49.3 Å². The predicted molar refractivity (Wildman–Crippen MR) is 189 cm³/mol. The van der Waals surface area contributed by atoms with E-state index in [4.69, 9.17) is 18.2 Å². The van der Waals surface area contributed by atoms with Gasteiger partial charge in [-0.25, -0.2) is 4.98 Å². The molecule has 0 radical (unpaired) electrons. The van der Waals surface area contributed by atoms with Gasteiger partial charge in [0.05, 0.1) is 41.0 Å². The molecular formula is C41H24N4O3. The second-order valence-corrected chi connectivity index (χ2v) is 12.1. The molecule has 0 aliphatic heterocycles. The minimum absolute atomic E-state index is 0.750. The zero-order valence-corrected chi connectivity index (χ0v) is 25.4. The molecule has 0 N–H and O–H groups in total. The lowest BCUT2D eigenvalue weighted by molar-refractivity contribution is 0.594. The number of rotatable bonds is 4. The van der Waals surface area contributed by atoms with Crippen LogP contribution in [0.4, 0.5) is 0 Å². The van der Waals surface area contributed by atoms with E-state index in [1.165, 1.54) is 0 Å². The Kier molecular flexibility index (Phi) is 4.99. The quantitative estimate of drug-likeness (QED) is 0.196. The largest absolute Gasteiger partial charge is 0.447 e. The zero-order valence-electron chi connectivity index (χ0n) is 25.4. The first kappa shape index (κ1) is 25.5. The summed E-state index contributed by atoms with van der Waals surface area (Å²) in [6.07, 6.45) is 5.25. The SMILES string of the molecule is c1cc(-c2cccc(-n3c4ccc(-n5c6ccccc6c6ccoc65)cc4c4ccoc43)n2)cc(-n2c3ccccc3c3ccoc32)c1. The normalized spacial score (nSPS) is 12.2. The van der Waals surface area contributed by atoms with Gasteiger partial charge in [0.15, 0.2) is 0 Å². The molecule has 7 heteroatoms. The van der Waals surface area contributed by atoms with Gasteiger partial charge >= 0.3 is 0 Å². The fourth-order valence-corrected chi connectivity index (χ4v) is 7.49. The summed E-state index contributed by atoms with van der Waals surface area (Å²) in [6.45, 7) is 0. The van der Waals surface area contributed by atoms with Crippen molar-refractivity contribution in [1.29, 1.82) is 0 Å². The van der Waals surface area contributed by atoms with Crippen LogP contribution in [0.3, 0.4) is 0 Å². The van der Waals surface area contributed by atoms with Gasteiger partial charge in [-0.2, -0.15) is 0 Å². The van der Waals surface area contributed by atoms with Gasteiger partial charge in [0.25, 0.3) is 0 Å². The number of nitrogens with zero attached hydrogens (tertiary/aromatic N) is 4. The van der Waals surface area contributed by atoms with Crippen LogP contribution in [0.2, 0.25) is 0 Å². The van der Waals surface area contributed by atoms with E-state index in [-0.39, 0.29) is 0 Å². The van der Waals surface area contributed by atoms with Crippen LogP contribution in [0.5, 0.6) is 0 Å². The number of furan rings is 3. The number of fused-ring (bicyclic) bond motifs is 9. The highest BCUT2D eigenvalue weighted by Crippen LogP contribution is 2.38. The molecular weight excluding hydrogens is 596 g/mol. The molecule has 0 unspecified atom stereocenters. The Morgan fingerprint density at radius 2 is 0.958 bits per heavy atom. The molecule has 0 aliphatic rings. The summed E-state index contributed by atoms with van der Waals surface area (Å²) in [5.41, 5.74) is 9.52. The molecule has 11 aromatic rings. The van der Waals surface area contributed by atoms with Crippen molar-refractivity contribution in [2.45, 2.75) is 0 Å². The first-order chi connectivity index (χ1) is 23.8. The maximum atomic E-state index is 6.12. The van der Waals surface area contributed by atoms with Crippen LogP contribution >= 0.6 is 0 Å². The molecule has 0 fully saturated rings. The zero-order chi connectivity index (χ0) is 31.3. The van der Waals surface area contributed by atoms with Crippen LogP contribution in [-0.4, -0.2) is 18.7 Å². The Balaban J connectivity index is 1.06. The summed E-state index contributed by atoms with van der Waals surface area (Å²) < 4.78 is 24.5. The van der Waals surface area contributed by atoms with Crippen molar-refractivity contribution in [2.75, 3.05) is 0 Å². The monoisotopic (exact) mass is 620 g/mol. The lowest BCUT2D eigenvalue weighted by Gasteiger charge is -2.11. The van der Waals surface area contributed by atoms with Crippen LogP contribution in [0, 0.1) is 0 Å². The van der Waals surface area contributed by atoms with Crippen molar-refractivity contribution in [3.63, 3.8) is 0 Å². The maximum absolute atomic E-state index is 6.12. The van der Waals surface area contributed by atoms with Crippen molar-refractivity contribution in [2.24, 2.45) is 0 Å². The maximum Gasteiger partial charge on any atom is 0.213 e. The number of pyridine rings is 1. The van der Waals surface area contributed by atoms with Gasteiger partial charge in [0.2, 0.25) is 17.1 Å². The molecule has 7 heterocycles. The highest BCUT2D eigenvalue weighted by Gasteiger charge is 2.20. The summed E-state index contributed by atoms with van der Waals surface area (Å²) in [4.78, 5) is 5.20. The van der Waals surface area contributed by atoms with Crippen LogP contribution in [-0.2, 0) is 0 Å². The molecule has 0 bridgehead atoms. The lowest BCUT2D eigenvalue weighted by atomic mass is 10.1. The Morgan fingerprint density at radius 1 is 0.396 bits per heavy atom. The molecule has 11 rings (SSSR count). The molecule has 7 nitrogen and oxygen atoms in total. The summed E-state index contributed by atoms with van der Waals surface area (Å²) in [7, 11) is 0. The second kappa shape index (κ2) is 9.40. The third kappa shape index (κ3) is 3.39. The van der Waals surface area contributed by atoms with E-state index in [2.05, 4.69) is 111 Å². The van der Waals surface area contributed by atoms with Crippen molar-refractivity contribution in [3.8, 4) is 28.5 Å². The molecule has 0 saturated carbocycles. The average molecular weight is 621 g/mol. The van der Waals surface area contributed by atoms with Gasteiger partial charge in [-0.15, -0.1) is 0 Å². The van der Waals surface area contributed by atoms with Gasteiger partial charge in [0.1, 0.15) is 5.82 Å². The Hall–Kier alpha value is -6.73. The van der Waals surface area contributed by atoms with Crippen molar-refractivity contribution in [3.05, 3.63) is 146 Å². The highest BCUT2D eigenvalue weighted by atomic mass is 16.3. The number of hydrogen-bond donors (Lipinski definition) is 0. The third-order valence-electron chi connectivity index (χ3n) is 9.55. The van der Waals surface area contributed by atoms with Gasteiger partial charge in [-0.3, -0.25) is 13.7 Å². The van der Waals surface area contributed by atoms with E-state index >= 15 is 0 Å². The molecule has 7 aromatic heterocycles. The summed E-state index contributed by atoms with van der Waals surface area (Å²) in [6, 6.07) is 43.9. The van der Waals surface area contributed by atoms with Crippen LogP contribution in [0.1, 0.15) is 0 Å². The molecule has 0 aliphatic carbocycles. The average Bonchev–Trinajstić information content (AvgIpc) is 3.98.